The molecular weight excluding hydrogens is 287 g/mol. The molecule has 2 aromatic rings. The van der Waals surface area contributed by atoms with Crippen molar-refractivity contribution >= 4 is 40.2 Å². The van der Waals surface area contributed by atoms with Crippen LogP contribution in [0, 0.1) is 11.3 Å². The Balaban J connectivity index is 1.96. The van der Waals surface area contributed by atoms with Crippen LogP contribution in [0.4, 0.5) is 5.69 Å². The lowest BCUT2D eigenvalue weighted by atomic mass is 10.2. The third kappa shape index (κ3) is 3.39. The second kappa shape index (κ2) is 6.10. The number of anilines is 1. The molecule has 2 rings (SSSR count). The summed E-state index contributed by atoms with van der Waals surface area (Å²) in [5.41, 5.74) is 1.37. The minimum absolute atomic E-state index is 0.562. The first-order valence-corrected chi connectivity index (χ1v) is 6.94. The molecule has 0 bridgehead atoms. The highest BCUT2D eigenvalue weighted by Gasteiger charge is 2.03. The summed E-state index contributed by atoms with van der Waals surface area (Å²) in [6.45, 7) is 0.757. The predicted octanol–water partition coefficient (Wildman–Crippen LogP) is 4.58. The molecule has 5 heteroatoms. The maximum atomic E-state index is 9.00. The summed E-state index contributed by atoms with van der Waals surface area (Å²) in [6, 6.07) is 11.3. The molecule has 0 fully saturated rings. The molecule has 1 aromatic carbocycles. The lowest BCUT2D eigenvalue weighted by Gasteiger charge is -2.07. The van der Waals surface area contributed by atoms with Gasteiger partial charge in [0.15, 0.2) is 0 Å². The van der Waals surface area contributed by atoms with E-state index < -0.39 is 0 Å². The topological polar surface area (TPSA) is 35.8 Å². The van der Waals surface area contributed by atoms with Crippen LogP contribution in [0.1, 0.15) is 10.4 Å². The third-order valence-electron chi connectivity index (χ3n) is 2.42. The van der Waals surface area contributed by atoms with Gasteiger partial charge in [-0.15, -0.1) is 11.3 Å². The van der Waals surface area contributed by atoms with E-state index in [1.165, 1.54) is 4.88 Å². The van der Waals surface area contributed by atoms with Gasteiger partial charge in [0.25, 0.3) is 0 Å². The molecule has 0 amide bonds. The van der Waals surface area contributed by atoms with Crippen molar-refractivity contribution in [3.05, 3.63) is 50.1 Å². The molecule has 0 unspecified atom stereocenters. The van der Waals surface area contributed by atoms with Crippen LogP contribution in [-0.2, 0) is 6.42 Å². The average Bonchev–Trinajstić information content (AvgIpc) is 2.77. The normalized spacial score (nSPS) is 10.1. The van der Waals surface area contributed by atoms with E-state index in [2.05, 4.69) is 11.4 Å². The fourth-order valence-corrected chi connectivity index (χ4v) is 2.83. The SMILES string of the molecule is N#Cc1cc(Cl)ccc1NCCc1ccc(Cl)s1. The summed E-state index contributed by atoms with van der Waals surface area (Å²) in [5.74, 6) is 0. The second-order valence-corrected chi connectivity index (χ2v) is 5.92. The van der Waals surface area contributed by atoms with Crippen LogP contribution in [0.2, 0.25) is 9.36 Å². The van der Waals surface area contributed by atoms with Gasteiger partial charge in [0, 0.05) is 16.4 Å². The number of hydrogen-bond donors (Lipinski definition) is 1. The summed E-state index contributed by atoms with van der Waals surface area (Å²) >= 11 is 13.3. The number of nitrogens with zero attached hydrogens (tertiary/aromatic N) is 1. The molecule has 0 aliphatic carbocycles. The van der Waals surface area contributed by atoms with E-state index in [0.717, 1.165) is 23.0 Å². The largest absolute Gasteiger partial charge is 0.384 e. The van der Waals surface area contributed by atoms with Crippen molar-refractivity contribution in [1.29, 1.82) is 5.26 Å². The average molecular weight is 297 g/mol. The molecule has 0 radical (unpaired) electrons. The molecular formula is C13H10Cl2N2S. The third-order valence-corrected chi connectivity index (χ3v) is 3.94. The van der Waals surface area contributed by atoms with Crippen LogP contribution in [0.25, 0.3) is 0 Å². The Morgan fingerprint density at radius 1 is 1.22 bits per heavy atom. The van der Waals surface area contributed by atoms with E-state index >= 15 is 0 Å². The van der Waals surface area contributed by atoms with Crippen molar-refractivity contribution in [2.24, 2.45) is 0 Å². The van der Waals surface area contributed by atoms with Gasteiger partial charge >= 0.3 is 0 Å². The molecule has 0 aliphatic heterocycles. The van der Waals surface area contributed by atoms with Crippen LogP contribution in [-0.4, -0.2) is 6.54 Å². The van der Waals surface area contributed by atoms with E-state index in [0.29, 0.717) is 10.6 Å². The zero-order valence-electron chi connectivity index (χ0n) is 9.41. The molecule has 2 nitrogen and oxygen atoms in total. The van der Waals surface area contributed by atoms with Gasteiger partial charge in [-0.05, 0) is 36.8 Å². The highest BCUT2D eigenvalue weighted by atomic mass is 35.5. The quantitative estimate of drug-likeness (QED) is 0.896. The summed E-state index contributed by atoms with van der Waals surface area (Å²) in [4.78, 5) is 1.22. The molecule has 0 saturated heterocycles. The van der Waals surface area contributed by atoms with Gasteiger partial charge < -0.3 is 5.32 Å². The minimum atomic E-state index is 0.562. The van der Waals surface area contributed by atoms with E-state index in [1.807, 2.05) is 18.2 Å². The fraction of sp³-hybridized carbons (Fsp3) is 0.154. The summed E-state index contributed by atoms with van der Waals surface area (Å²) in [7, 11) is 0. The number of benzene rings is 1. The Hall–Kier alpha value is -1.21. The molecule has 0 spiro atoms. The van der Waals surface area contributed by atoms with Crippen LogP contribution in [0.15, 0.2) is 30.3 Å². The Morgan fingerprint density at radius 3 is 2.72 bits per heavy atom. The number of halogens is 2. The van der Waals surface area contributed by atoms with Crippen molar-refractivity contribution in [3.8, 4) is 6.07 Å². The van der Waals surface area contributed by atoms with Gasteiger partial charge in [-0.3, -0.25) is 0 Å². The standard InChI is InChI=1S/C13H10Cl2N2S/c14-10-1-3-12(9(7-10)8-16)17-6-5-11-2-4-13(15)18-11/h1-4,7,17H,5-6H2. The van der Waals surface area contributed by atoms with Crippen LogP contribution >= 0.6 is 34.5 Å². The van der Waals surface area contributed by atoms with Crippen molar-refractivity contribution in [3.63, 3.8) is 0 Å². The predicted molar refractivity (Wildman–Crippen MR) is 77.7 cm³/mol. The monoisotopic (exact) mass is 296 g/mol. The Labute approximate surface area is 120 Å². The van der Waals surface area contributed by atoms with Crippen LogP contribution in [0.5, 0.6) is 0 Å². The zero-order chi connectivity index (χ0) is 13.0. The number of nitriles is 1. The smallest absolute Gasteiger partial charge is 0.101 e. The van der Waals surface area contributed by atoms with Crippen molar-refractivity contribution in [2.75, 3.05) is 11.9 Å². The minimum Gasteiger partial charge on any atom is -0.384 e. The second-order valence-electron chi connectivity index (χ2n) is 3.68. The van der Waals surface area contributed by atoms with Gasteiger partial charge in [-0.25, -0.2) is 0 Å². The number of rotatable bonds is 4. The van der Waals surface area contributed by atoms with Gasteiger partial charge in [0.2, 0.25) is 0 Å². The van der Waals surface area contributed by atoms with Gasteiger partial charge in [-0.2, -0.15) is 5.26 Å². The van der Waals surface area contributed by atoms with Crippen molar-refractivity contribution in [1.82, 2.24) is 0 Å². The molecule has 92 valence electrons. The Kier molecular flexibility index (Phi) is 4.48. The summed E-state index contributed by atoms with van der Waals surface area (Å²) in [5, 5.41) is 12.8. The fourth-order valence-electron chi connectivity index (χ4n) is 1.57. The van der Waals surface area contributed by atoms with E-state index in [4.69, 9.17) is 28.5 Å². The number of hydrogen-bond acceptors (Lipinski definition) is 3. The number of thiophene rings is 1. The highest BCUT2D eigenvalue weighted by Crippen LogP contribution is 2.23. The first-order chi connectivity index (χ1) is 8.69. The highest BCUT2D eigenvalue weighted by molar-refractivity contribution is 7.16. The summed E-state index contributed by atoms with van der Waals surface area (Å²) < 4.78 is 0.800. The van der Waals surface area contributed by atoms with E-state index in [1.54, 1.807) is 23.5 Å². The maximum absolute atomic E-state index is 9.00. The lowest BCUT2D eigenvalue weighted by Crippen LogP contribution is -2.05. The van der Waals surface area contributed by atoms with Crippen LogP contribution in [0.3, 0.4) is 0 Å². The van der Waals surface area contributed by atoms with E-state index in [9.17, 15) is 0 Å². The van der Waals surface area contributed by atoms with Gasteiger partial charge in [-0.1, -0.05) is 23.2 Å². The Morgan fingerprint density at radius 2 is 2.06 bits per heavy atom. The van der Waals surface area contributed by atoms with Gasteiger partial charge in [0.1, 0.15) is 6.07 Å². The van der Waals surface area contributed by atoms with E-state index in [-0.39, 0.29) is 0 Å². The molecule has 1 N–H and O–H groups in total. The molecule has 1 aromatic heterocycles. The molecule has 18 heavy (non-hydrogen) atoms. The summed E-state index contributed by atoms with van der Waals surface area (Å²) in [6.07, 6.45) is 0.880. The first kappa shape index (κ1) is 13.2. The lowest BCUT2D eigenvalue weighted by molar-refractivity contribution is 1.04. The molecule has 0 saturated carbocycles. The Bertz CT molecular complexity index is 587. The van der Waals surface area contributed by atoms with Crippen LogP contribution < -0.4 is 5.32 Å². The zero-order valence-corrected chi connectivity index (χ0v) is 11.7. The van der Waals surface area contributed by atoms with Gasteiger partial charge in [0.05, 0.1) is 15.6 Å². The number of nitrogens with one attached hydrogen (secondary N) is 1. The molecule has 0 atom stereocenters. The van der Waals surface area contributed by atoms with Crippen molar-refractivity contribution in [2.45, 2.75) is 6.42 Å². The first-order valence-electron chi connectivity index (χ1n) is 5.37. The molecule has 1 heterocycles. The molecule has 0 aliphatic rings. The van der Waals surface area contributed by atoms with Crippen molar-refractivity contribution < 1.29 is 0 Å². The maximum Gasteiger partial charge on any atom is 0.101 e.